The van der Waals surface area contributed by atoms with E-state index in [-0.39, 0.29) is 12.4 Å². The van der Waals surface area contributed by atoms with Crippen molar-refractivity contribution in [1.29, 1.82) is 0 Å². The van der Waals surface area contributed by atoms with E-state index in [1.807, 2.05) is 0 Å². The molecule has 0 saturated heterocycles. The van der Waals surface area contributed by atoms with Crippen molar-refractivity contribution in [2.24, 2.45) is 0 Å². The smallest absolute Gasteiger partial charge is 0.238 e. The average Bonchev–Trinajstić information content (AvgIpc) is 2.50. The molecular weight excluding hydrogens is 300 g/mol. The molecule has 0 atom stereocenters. The van der Waals surface area contributed by atoms with E-state index in [9.17, 15) is 22.4 Å². The van der Waals surface area contributed by atoms with Gasteiger partial charge in [-0.25, -0.2) is 17.6 Å². The highest BCUT2D eigenvalue weighted by Crippen LogP contribution is 2.19. The lowest BCUT2D eigenvalue weighted by molar-refractivity contribution is -0.115. The van der Waals surface area contributed by atoms with Crippen LogP contribution in [-0.2, 0) is 11.3 Å². The largest absolute Gasteiger partial charge is 0.322 e. The molecule has 116 valence electrons. The minimum Gasteiger partial charge on any atom is -0.322 e. The van der Waals surface area contributed by atoms with Gasteiger partial charge in [-0.1, -0.05) is 12.1 Å². The number of hydrogen-bond acceptors (Lipinski definition) is 2. The van der Waals surface area contributed by atoms with Crippen molar-refractivity contribution in [2.75, 3.05) is 11.9 Å². The summed E-state index contributed by atoms with van der Waals surface area (Å²) in [6.07, 6.45) is 0. The molecule has 7 heteroatoms. The SMILES string of the molecule is O=C(CNCc1ccc(F)cc1)Nc1ccc(F)c(F)c1F. The van der Waals surface area contributed by atoms with Gasteiger partial charge in [-0.15, -0.1) is 0 Å². The van der Waals surface area contributed by atoms with Crippen LogP contribution in [0, 0.1) is 23.3 Å². The third-order valence-electron chi connectivity index (χ3n) is 2.84. The summed E-state index contributed by atoms with van der Waals surface area (Å²) >= 11 is 0. The predicted molar refractivity (Wildman–Crippen MR) is 73.1 cm³/mol. The van der Waals surface area contributed by atoms with Crippen molar-refractivity contribution < 1.29 is 22.4 Å². The number of rotatable bonds is 5. The lowest BCUT2D eigenvalue weighted by Crippen LogP contribution is -2.28. The Morgan fingerprint density at radius 2 is 1.59 bits per heavy atom. The lowest BCUT2D eigenvalue weighted by Gasteiger charge is -2.08. The lowest BCUT2D eigenvalue weighted by atomic mass is 10.2. The number of halogens is 4. The van der Waals surface area contributed by atoms with Crippen LogP contribution in [0.15, 0.2) is 36.4 Å². The third kappa shape index (κ3) is 4.05. The monoisotopic (exact) mass is 312 g/mol. The van der Waals surface area contributed by atoms with Crippen molar-refractivity contribution in [1.82, 2.24) is 5.32 Å². The minimum absolute atomic E-state index is 0.171. The highest BCUT2D eigenvalue weighted by atomic mass is 19.2. The van der Waals surface area contributed by atoms with Gasteiger partial charge in [0.05, 0.1) is 12.2 Å². The van der Waals surface area contributed by atoms with Crippen LogP contribution in [-0.4, -0.2) is 12.5 Å². The Morgan fingerprint density at radius 1 is 0.909 bits per heavy atom. The zero-order chi connectivity index (χ0) is 16.1. The van der Waals surface area contributed by atoms with E-state index in [2.05, 4.69) is 10.6 Å². The van der Waals surface area contributed by atoms with Crippen molar-refractivity contribution in [3.05, 3.63) is 65.2 Å². The summed E-state index contributed by atoms with van der Waals surface area (Å²) in [7, 11) is 0. The molecule has 0 heterocycles. The summed E-state index contributed by atoms with van der Waals surface area (Å²) in [4.78, 5) is 11.6. The molecule has 0 fully saturated rings. The second-order valence-corrected chi connectivity index (χ2v) is 4.50. The molecule has 0 aromatic heterocycles. The van der Waals surface area contributed by atoms with Crippen molar-refractivity contribution in [3.8, 4) is 0 Å². The minimum atomic E-state index is -1.64. The van der Waals surface area contributed by atoms with Gasteiger partial charge in [-0.3, -0.25) is 4.79 Å². The second-order valence-electron chi connectivity index (χ2n) is 4.50. The van der Waals surface area contributed by atoms with Crippen LogP contribution in [0.4, 0.5) is 23.2 Å². The third-order valence-corrected chi connectivity index (χ3v) is 2.84. The molecule has 0 aliphatic carbocycles. The van der Waals surface area contributed by atoms with E-state index in [1.165, 1.54) is 12.1 Å². The Morgan fingerprint density at radius 3 is 2.27 bits per heavy atom. The zero-order valence-electron chi connectivity index (χ0n) is 11.3. The summed E-state index contributed by atoms with van der Waals surface area (Å²) in [5.74, 6) is -5.41. The highest BCUT2D eigenvalue weighted by Gasteiger charge is 2.14. The molecule has 0 unspecified atom stereocenters. The van der Waals surface area contributed by atoms with E-state index in [0.29, 0.717) is 6.54 Å². The molecule has 2 rings (SSSR count). The van der Waals surface area contributed by atoms with E-state index in [0.717, 1.165) is 17.7 Å². The van der Waals surface area contributed by atoms with Gasteiger partial charge in [0.25, 0.3) is 0 Å². The highest BCUT2D eigenvalue weighted by molar-refractivity contribution is 5.92. The molecule has 2 N–H and O–H groups in total. The second kappa shape index (κ2) is 7.04. The summed E-state index contributed by atoms with van der Waals surface area (Å²) in [5, 5.41) is 4.89. The molecule has 0 radical (unpaired) electrons. The first-order valence-corrected chi connectivity index (χ1v) is 6.36. The van der Waals surface area contributed by atoms with Gasteiger partial charge in [-0.2, -0.15) is 0 Å². The molecule has 0 aliphatic rings. The maximum absolute atomic E-state index is 13.4. The average molecular weight is 312 g/mol. The predicted octanol–water partition coefficient (Wildman–Crippen LogP) is 2.97. The number of benzene rings is 2. The number of nitrogens with one attached hydrogen (secondary N) is 2. The van der Waals surface area contributed by atoms with Crippen LogP contribution < -0.4 is 10.6 Å². The van der Waals surface area contributed by atoms with Gasteiger partial charge in [0.15, 0.2) is 17.5 Å². The standard InChI is InChI=1S/C15H12F4N2O/c16-10-3-1-9(2-4-10)7-20-8-13(22)21-12-6-5-11(17)14(18)15(12)19/h1-6,20H,7-8H2,(H,21,22). The molecule has 0 aliphatic heterocycles. The number of amides is 1. The molecule has 0 bridgehead atoms. The fraction of sp³-hybridized carbons (Fsp3) is 0.133. The van der Waals surface area contributed by atoms with Crippen molar-refractivity contribution in [2.45, 2.75) is 6.54 Å². The van der Waals surface area contributed by atoms with Crippen LogP contribution in [0.5, 0.6) is 0 Å². The zero-order valence-corrected chi connectivity index (χ0v) is 11.3. The molecule has 2 aromatic rings. The first kappa shape index (κ1) is 16.0. The number of carbonyl (C=O) groups is 1. The van der Waals surface area contributed by atoms with E-state index in [4.69, 9.17) is 0 Å². The van der Waals surface area contributed by atoms with Gasteiger partial charge < -0.3 is 10.6 Å². The maximum atomic E-state index is 13.4. The van der Waals surface area contributed by atoms with Gasteiger partial charge in [-0.05, 0) is 29.8 Å². The quantitative estimate of drug-likeness (QED) is 0.658. The number of anilines is 1. The Balaban J connectivity index is 1.86. The molecule has 2 aromatic carbocycles. The first-order valence-electron chi connectivity index (χ1n) is 6.36. The van der Waals surface area contributed by atoms with Crippen LogP contribution in [0.1, 0.15) is 5.56 Å². The number of hydrogen-bond donors (Lipinski definition) is 2. The van der Waals surface area contributed by atoms with E-state index >= 15 is 0 Å². The molecule has 0 spiro atoms. The Bertz CT molecular complexity index is 674. The van der Waals surface area contributed by atoms with E-state index in [1.54, 1.807) is 12.1 Å². The summed E-state index contributed by atoms with van der Waals surface area (Å²) in [6.45, 7) is 0.129. The summed E-state index contributed by atoms with van der Waals surface area (Å²) in [5.41, 5.74) is 0.320. The van der Waals surface area contributed by atoms with Crippen LogP contribution in [0.2, 0.25) is 0 Å². The number of carbonyl (C=O) groups excluding carboxylic acids is 1. The van der Waals surface area contributed by atoms with Gasteiger partial charge in [0, 0.05) is 6.54 Å². The fourth-order valence-corrected chi connectivity index (χ4v) is 1.74. The topological polar surface area (TPSA) is 41.1 Å². The van der Waals surface area contributed by atoms with Crippen molar-refractivity contribution >= 4 is 11.6 Å². The molecule has 22 heavy (non-hydrogen) atoms. The normalized spacial score (nSPS) is 10.5. The Labute approximate surface area is 124 Å². The molecular formula is C15H12F4N2O. The van der Waals surface area contributed by atoms with Crippen molar-refractivity contribution in [3.63, 3.8) is 0 Å². The molecule has 0 saturated carbocycles. The fourth-order valence-electron chi connectivity index (χ4n) is 1.74. The Hall–Kier alpha value is -2.41. The van der Waals surface area contributed by atoms with E-state index < -0.39 is 29.0 Å². The first-order chi connectivity index (χ1) is 10.5. The maximum Gasteiger partial charge on any atom is 0.238 e. The molecule has 3 nitrogen and oxygen atoms in total. The van der Waals surface area contributed by atoms with Gasteiger partial charge >= 0.3 is 0 Å². The van der Waals surface area contributed by atoms with Gasteiger partial charge in [0.1, 0.15) is 5.82 Å². The summed E-state index contributed by atoms with van der Waals surface area (Å²) in [6, 6.07) is 7.33. The van der Waals surface area contributed by atoms with Gasteiger partial charge in [0.2, 0.25) is 5.91 Å². The Kier molecular flexibility index (Phi) is 5.11. The summed E-state index contributed by atoms with van der Waals surface area (Å²) < 4.78 is 51.8. The van der Waals surface area contributed by atoms with Crippen LogP contribution in [0.3, 0.4) is 0 Å². The van der Waals surface area contributed by atoms with Crippen LogP contribution in [0.25, 0.3) is 0 Å². The molecule has 1 amide bonds. The van der Waals surface area contributed by atoms with Crippen LogP contribution >= 0.6 is 0 Å².